The maximum atomic E-state index is 5.61. The van der Waals surface area contributed by atoms with Gasteiger partial charge < -0.3 is 0 Å². The van der Waals surface area contributed by atoms with Crippen molar-refractivity contribution in [1.82, 2.24) is 0 Å². The average molecular weight is 228 g/mol. The van der Waals surface area contributed by atoms with Crippen LogP contribution in [0.5, 0.6) is 0 Å². The van der Waals surface area contributed by atoms with Gasteiger partial charge in [0.1, 0.15) is 0 Å². The molecule has 0 aromatic carbocycles. The molecule has 1 saturated heterocycles. The van der Waals surface area contributed by atoms with Crippen LogP contribution in [-0.2, 0) is 9.05 Å². The third-order valence-electron chi connectivity index (χ3n) is 1.27. The molecule has 1 rings (SSSR count). The van der Waals surface area contributed by atoms with Gasteiger partial charge in [0.05, 0.1) is 0 Å². The zero-order valence-corrected chi connectivity index (χ0v) is 8.77. The van der Waals surface area contributed by atoms with Gasteiger partial charge >= 0.3 is 68.2 Å². The van der Waals surface area contributed by atoms with Gasteiger partial charge in [-0.25, -0.2) is 0 Å². The van der Waals surface area contributed by atoms with Crippen molar-refractivity contribution >= 4 is 21.2 Å². The summed E-state index contributed by atoms with van der Waals surface area (Å²) in [5.74, 6) is 0. The second-order valence-corrected chi connectivity index (χ2v) is 8.05. The summed E-state index contributed by atoms with van der Waals surface area (Å²) in [5.41, 5.74) is 5.73. The third kappa shape index (κ3) is 2.46. The maximum absolute atomic E-state index is 5.61. The predicted octanol–water partition coefficient (Wildman–Crippen LogP) is 0.864. The van der Waals surface area contributed by atoms with Crippen molar-refractivity contribution in [3.05, 3.63) is 0 Å². The molecule has 0 amide bonds. The van der Waals surface area contributed by atoms with E-state index in [1.165, 1.54) is 0 Å². The Morgan fingerprint density at radius 3 is 2.10 bits per heavy atom. The molecule has 1 fully saturated rings. The number of rotatable bonds is 0. The summed E-state index contributed by atoms with van der Waals surface area (Å²) >= 11 is 2.74. The quantitative estimate of drug-likeness (QED) is 0.494. The van der Waals surface area contributed by atoms with Crippen molar-refractivity contribution in [3.8, 4) is 0 Å². The second kappa shape index (κ2) is 2.71. The molecular formula is C5H12NO2PSe. The van der Waals surface area contributed by atoms with E-state index in [1.807, 2.05) is 0 Å². The molecule has 1 heterocycles. The van der Waals surface area contributed by atoms with Gasteiger partial charge in [-0.15, -0.1) is 0 Å². The van der Waals surface area contributed by atoms with E-state index in [4.69, 9.17) is 14.6 Å². The van der Waals surface area contributed by atoms with E-state index in [2.05, 4.69) is 28.9 Å². The summed E-state index contributed by atoms with van der Waals surface area (Å²) in [4.78, 5) is 0. The molecule has 0 spiro atoms. The Bertz CT molecular complexity index is 168. The van der Waals surface area contributed by atoms with Gasteiger partial charge in [0.2, 0.25) is 0 Å². The minimum absolute atomic E-state index is 0.118. The Hall–Kier alpha value is 0.829. The summed E-state index contributed by atoms with van der Waals surface area (Å²) in [5, 5.41) is 0. The van der Waals surface area contributed by atoms with Crippen LogP contribution in [0, 0.1) is 5.41 Å². The molecule has 0 aliphatic carbocycles. The fourth-order valence-electron chi connectivity index (χ4n) is 0.608. The molecule has 1 aliphatic heterocycles. The summed E-state index contributed by atoms with van der Waals surface area (Å²) in [6, 6.07) is 0. The first kappa shape index (κ1) is 8.92. The van der Waals surface area contributed by atoms with E-state index < -0.39 is 6.11 Å². The summed E-state index contributed by atoms with van der Waals surface area (Å²) in [6.45, 7) is 5.55. The summed E-state index contributed by atoms with van der Waals surface area (Å²) in [7, 11) is 0. The van der Waals surface area contributed by atoms with E-state index in [-0.39, 0.29) is 5.41 Å². The van der Waals surface area contributed by atoms with Gasteiger partial charge in [-0.2, -0.15) is 0 Å². The predicted molar refractivity (Wildman–Crippen MR) is 42.5 cm³/mol. The van der Waals surface area contributed by atoms with Crippen molar-refractivity contribution < 1.29 is 9.05 Å². The second-order valence-electron chi connectivity index (χ2n) is 3.25. The molecule has 10 heavy (non-hydrogen) atoms. The monoisotopic (exact) mass is 229 g/mol. The zero-order valence-electron chi connectivity index (χ0n) is 6.16. The molecule has 0 bridgehead atoms. The molecule has 0 saturated carbocycles. The van der Waals surface area contributed by atoms with Crippen LogP contribution in [0.2, 0.25) is 0 Å². The van der Waals surface area contributed by atoms with Crippen LogP contribution in [0.3, 0.4) is 0 Å². The summed E-state index contributed by atoms with van der Waals surface area (Å²) < 4.78 is 10.6. The molecule has 0 atom stereocenters. The van der Waals surface area contributed by atoms with Crippen LogP contribution >= 0.6 is 6.11 Å². The van der Waals surface area contributed by atoms with Crippen LogP contribution in [-0.4, -0.2) is 28.3 Å². The van der Waals surface area contributed by atoms with Gasteiger partial charge in [0.25, 0.3) is 0 Å². The average Bonchev–Trinajstić information content (AvgIpc) is 1.79. The van der Waals surface area contributed by atoms with Crippen molar-refractivity contribution in [2.24, 2.45) is 10.9 Å². The summed E-state index contributed by atoms with van der Waals surface area (Å²) in [6.07, 6.45) is -2.04. The standard InChI is InChI=1S/C5H12NO2PSe/c1-5(2)3-7-9(6,10)8-4-5/h3-4H2,1-2H3,(H2,6,10). The van der Waals surface area contributed by atoms with Crippen molar-refractivity contribution in [3.63, 3.8) is 0 Å². The molecule has 0 aromatic heterocycles. The third-order valence-corrected chi connectivity index (χ3v) is 3.58. The zero-order chi connectivity index (χ0) is 7.83. The van der Waals surface area contributed by atoms with Crippen LogP contribution in [0.1, 0.15) is 13.8 Å². The SMILES string of the molecule is CC1(C)COP(N)(=[Se])OC1. The number of hydrogen-bond acceptors (Lipinski definition) is 3. The van der Waals surface area contributed by atoms with Crippen LogP contribution in [0.4, 0.5) is 0 Å². The molecule has 2 N–H and O–H groups in total. The Kier molecular flexibility index (Phi) is 2.41. The van der Waals surface area contributed by atoms with Crippen molar-refractivity contribution in [2.45, 2.75) is 13.8 Å². The van der Waals surface area contributed by atoms with Gasteiger partial charge in [-0.1, -0.05) is 0 Å². The van der Waals surface area contributed by atoms with Crippen molar-refractivity contribution in [2.75, 3.05) is 13.2 Å². The molecule has 60 valence electrons. The fraction of sp³-hybridized carbons (Fsp3) is 1.00. The topological polar surface area (TPSA) is 44.5 Å². The van der Waals surface area contributed by atoms with Gasteiger partial charge in [0.15, 0.2) is 0 Å². The molecule has 0 radical (unpaired) electrons. The Morgan fingerprint density at radius 1 is 1.40 bits per heavy atom. The fourth-order valence-corrected chi connectivity index (χ4v) is 2.41. The molecule has 0 unspecified atom stereocenters. The van der Waals surface area contributed by atoms with Gasteiger partial charge in [-0.05, 0) is 0 Å². The Morgan fingerprint density at radius 2 is 1.80 bits per heavy atom. The van der Waals surface area contributed by atoms with Gasteiger partial charge in [-0.3, -0.25) is 0 Å². The Balaban J connectivity index is 2.54. The number of hydrogen-bond donors (Lipinski definition) is 1. The minimum atomic E-state index is -2.04. The first-order valence-corrected chi connectivity index (χ1v) is 7.00. The molecule has 3 nitrogen and oxygen atoms in total. The van der Waals surface area contributed by atoms with E-state index in [9.17, 15) is 0 Å². The van der Waals surface area contributed by atoms with E-state index in [1.54, 1.807) is 0 Å². The van der Waals surface area contributed by atoms with E-state index in [0.29, 0.717) is 13.2 Å². The van der Waals surface area contributed by atoms with Crippen molar-refractivity contribution in [1.29, 1.82) is 0 Å². The molecule has 5 heteroatoms. The molecule has 0 aromatic rings. The van der Waals surface area contributed by atoms with Gasteiger partial charge in [0, 0.05) is 0 Å². The Labute approximate surface area is 68.7 Å². The van der Waals surface area contributed by atoms with Crippen LogP contribution < -0.4 is 5.50 Å². The molecule has 1 aliphatic rings. The first-order chi connectivity index (χ1) is 4.41. The van der Waals surface area contributed by atoms with Crippen LogP contribution in [0.25, 0.3) is 0 Å². The van der Waals surface area contributed by atoms with E-state index in [0.717, 1.165) is 0 Å². The van der Waals surface area contributed by atoms with E-state index >= 15 is 0 Å². The number of nitrogens with two attached hydrogens (primary N) is 1. The van der Waals surface area contributed by atoms with Crippen LogP contribution in [0.15, 0.2) is 0 Å². The normalized spacial score (nSPS) is 29.9. The first-order valence-electron chi connectivity index (χ1n) is 3.09. The molecular weight excluding hydrogens is 216 g/mol.